The molecule has 0 atom stereocenters. The Bertz CT molecular complexity index is 1070. The minimum Gasteiger partial charge on any atom is -0.381 e. The molecule has 4 rings (SSSR count). The molecule has 3 heterocycles. The molecule has 2 aromatic heterocycles. The molecule has 1 aliphatic rings. The number of methoxy groups -OCH3 is 1. The second kappa shape index (κ2) is 7.85. The van der Waals surface area contributed by atoms with E-state index >= 15 is 0 Å². The third kappa shape index (κ3) is 3.71. The number of aromatic nitrogens is 2. The first-order chi connectivity index (χ1) is 14.0. The molecule has 1 fully saturated rings. The fraction of sp³-hybridized carbons (Fsp3) is 0.286. The molecule has 3 aromatic rings. The van der Waals surface area contributed by atoms with Gasteiger partial charge in [-0.25, -0.2) is 4.52 Å². The van der Waals surface area contributed by atoms with Crippen molar-refractivity contribution in [2.45, 2.75) is 18.9 Å². The predicted molar refractivity (Wildman–Crippen MR) is 110 cm³/mol. The number of halogens is 1. The summed E-state index contributed by atoms with van der Waals surface area (Å²) in [4.78, 5) is 26.2. The summed E-state index contributed by atoms with van der Waals surface area (Å²) in [6.45, 7) is 1.39. The SMILES string of the molecule is COC1CCN(C(=O)c2ccc(-c3ccc4c(Cl)cc(C(N)=O)n4n3)cc2)CC1. The molecule has 0 aliphatic carbocycles. The summed E-state index contributed by atoms with van der Waals surface area (Å²) in [5, 5.41) is 4.90. The van der Waals surface area contributed by atoms with Crippen LogP contribution in [0.1, 0.15) is 33.7 Å². The normalized spacial score (nSPS) is 15.0. The molecule has 0 unspecified atom stereocenters. The molecule has 0 spiro atoms. The van der Waals surface area contributed by atoms with Crippen molar-refractivity contribution in [1.29, 1.82) is 0 Å². The van der Waals surface area contributed by atoms with Gasteiger partial charge in [-0.05, 0) is 43.2 Å². The van der Waals surface area contributed by atoms with Gasteiger partial charge in [0.1, 0.15) is 5.69 Å². The van der Waals surface area contributed by atoms with Gasteiger partial charge >= 0.3 is 0 Å². The summed E-state index contributed by atoms with van der Waals surface area (Å²) >= 11 is 6.15. The number of carbonyl (C=O) groups excluding carboxylic acids is 2. The number of benzene rings is 1. The van der Waals surface area contributed by atoms with Gasteiger partial charge in [0.15, 0.2) is 0 Å². The summed E-state index contributed by atoms with van der Waals surface area (Å²) in [5.74, 6) is -0.586. The van der Waals surface area contributed by atoms with Gasteiger partial charge in [0.05, 0.1) is 22.3 Å². The van der Waals surface area contributed by atoms with Crippen molar-refractivity contribution in [2.24, 2.45) is 5.73 Å². The highest BCUT2D eigenvalue weighted by Crippen LogP contribution is 2.25. The van der Waals surface area contributed by atoms with Crippen LogP contribution < -0.4 is 5.73 Å². The zero-order valence-electron chi connectivity index (χ0n) is 16.0. The zero-order valence-corrected chi connectivity index (χ0v) is 16.7. The molecular formula is C21H21ClN4O3. The van der Waals surface area contributed by atoms with E-state index in [0.29, 0.717) is 34.9 Å². The third-order valence-corrected chi connectivity index (χ3v) is 5.62. The highest BCUT2D eigenvalue weighted by atomic mass is 35.5. The van der Waals surface area contributed by atoms with Crippen molar-refractivity contribution in [3.05, 3.63) is 58.7 Å². The van der Waals surface area contributed by atoms with Gasteiger partial charge in [0, 0.05) is 31.3 Å². The summed E-state index contributed by atoms with van der Waals surface area (Å²) in [6, 6.07) is 12.4. The van der Waals surface area contributed by atoms with Crippen molar-refractivity contribution in [2.75, 3.05) is 20.2 Å². The first kappa shape index (κ1) is 19.4. The van der Waals surface area contributed by atoms with Gasteiger partial charge in [-0.1, -0.05) is 23.7 Å². The number of ether oxygens (including phenoxy) is 1. The number of hydrogen-bond acceptors (Lipinski definition) is 4. The minimum absolute atomic E-state index is 0.0164. The van der Waals surface area contributed by atoms with E-state index in [0.717, 1.165) is 18.4 Å². The molecule has 0 saturated carbocycles. The summed E-state index contributed by atoms with van der Waals surface area (Å²) in [6.07, 6.45) is 1.94. The topological polar surface area (TPSA) is 89.9 Å². The van der Waals surface area contributed by atoms with Crippen LogP contribution in [0, 0.1) is 0 Å². The number of fused-ring (bicyclic) bond motifs is 1. The van der Waals surface area contributed by atoms with Gasteiger partial charge < -0.3 is 15.4 Å². The summed E-state index contributed by atoms with van der Waals surface area (Å²) < 4.78 is 6.80. The molecule has 0 bridgehead atoms. The van der Waals surface area contributed by atoms with Gasteiger partial charge in [-0.15, -0.1) is 0 Å². The monoisotopic (exact) mass is 412 g/mol. The molecule has 7 nitrogen and oxygen atoms in total. The van der Waals surface area contributed by atoms with Crippen LogP contribution in [0.2, 0.25) is 5.02 Å². The van der Waals surface area contributed by atoms with Crippen LogP contribution in [0.4, 0.5) is 0 Å². The maximum atomic E-state index is 12.7. The predicted octanol–water partition coefficient (Wildman–Crippen LogP) is 3.00. The van der Waals surface area contributed by atoms with E-state index in [1.165, 1.54) is 10.6 Å². The molecule has 1 aromatic carbocycles. The maximum absolute atomic E-state index is 12.7. The molecule has 150 valence electrons. The van der Waals surface area contributed by atoms with Gasteiger partial charge in [-0.3, -0.25) is 9.59 Å². The number of amides is 2. The Hall–Kier alpha value is -2.90. The Morgan fingerprint density at radius 1 is 1.14 bits per heavy atom. The summed E-state index contributed by atoms with van der Waals surface area (Å²) in [5.41, 5.74) is 8.34. The number of primary amides is 1. The Kier molecular flexibility index (Phi) is 5.25. The number of piperidine rings is 1. The van der Waals surface area contributed by atoms with Crippen LogP contribution in [-0.4, -0.2) is 52.6 Å². The Balaban J connectivity index is 1.57. The second-order valence-corrected chi connectivity index (χ2v) is 7.47. The molecule has 0 radical (unpaired) electrons. The van der Waals surface area contributed by atoms with Crippen molar-refractivity contribution >= 4 is 28.9 Å². The smallest absolute Gasteiger partial charge is 0.267 e. The van der Waals surface area contributed by atoms with Gasteiger partial charge in [0.2, 0.25) is 0 Å². The van der Waals surface area contributed by atoms with Gasteiger partial charge in [0.25, 0.3) is 11.8 Å². The van der Waals surface area contributed by atoms with Crippen LogP contribution in [0.5, 0.6) is 0 Å². The van der Waals surface area contributed by atoms with Crippen molar-refractivity contribution in [3.63, 3.8) is 0 Å². The number of nitrogens with zero attached hydrogens (tertiary/aromatic N) is 3. The molecule has 1 aliphatic heterocycles. The summed E-state index contributed by atoms with van der Waals surface area (Å²) in [7, 11) is 1.71. The van der Waals surface area contributed by atoms with E-state index in [1.807, 2.05) is 23.1 Å². The van der Waals surface area contributed by atoms with Crippen LogP contribution >= 0.6 is 11.6 Å². The average molecular weight is 413 g/mol. The number of rotatable bonds is 4. The lowest BCUT2D eigenvalue weighted by Gasteiger charge is -2.31. The Morgan fingerprint density at radius 3 is 2.45 bits per heavy atom. The fourth-order valence-electron chi connectivity index (χ4n) is 3.63. The lowest BCUT2D eigenvalue weighted by Crippen LogP contribution is -2.40. The molecule has 29 heavy (non-hydrogen) atoms. The lowest BCUT2D eigenvalue weighted by molar-refractivity contribution is 0.0350. The molecule has 2 amide bonds. The van der Waals surface area contributed by atoms with E-state index < -0.39 is 5.91 Å². The Morgan fingerprint density at radius 2 is 1.83 bits per heavy atom. The van der Waals surface area contributed by atoms with E-state index in [1.54, 1.807) is 25.3 Å². The molecule has 2 N–H and O–H groups in total. The highest BCUT2D eigenvalue weighted by molar-refractivity contribution is 6.34. The average Bonchev–Trinajstić information content (AvgIpc) is 3.09. The first-order valence-corrected chi connectivity index (χ1v) is 9.76. The molecular weight excluding hydrogens is 392 g/mol. The molecule has 1 saturated heterocycles. The Labute approximate surface area is 173 Å². The van der Waals surface area contributed by atoms with E-state index in [2.05, 4.69) is 5.10 Å². The van der Waals surface area contributed by atoms with E-state index in [4.69, 9.17) is 22.1 Å². The number of likely N-dealkylation sites (tertiary alicyclic amines) is 1. The quantitative estimate of drug-likeness (QED) is 0.713. The van der Waals surface area contributed by atoms with Crippen LogP contribution in [0.25, 0.3) is 16.8 Å². The third-order valence-electron chi connectivity index (χ3n) is 5.31. The van der Waals surface area contributed by atoms with Crippen LogP contribution in [0.3, 0.4) is 0 Å². The lowest BCUT2D eigenvalue weighted by atomic mass is 10.0. The number of carbonyl (C=O) groups is 2. The minimum atomic E-state index is -0.602. The van der Waals surface area contributed by atoms with Gasteiger partial charge in [-0.2, -0.15) is 5.10 Å². The standard InChI is InChI=1S/C21H21ClN4O3/c1-29-15-8-10-25(11-9-15)21(28)14-4-2-13(3-5-14)17-6-7-18-16(22)12-19(20(23)27)26(18)24-17/h2-7,12,15H,8-11H2,1H3,(H2,23,27). The second-order valence-electron chi connectivity index (χ2n) is 7.06. The largest absolute Gasteiger partial charge is 0.381 e. The van der Waals surface area contributed by atoms with Crippen molar-refractivity contribution in [3.8, 4) is 11.3 Å². The number of nitrogens with two attached hydrogens (primary N) is 1. The number of hydrogen-bond donors (Lipinski definition) is 1. The fourth-order valence-corrected chi connectivity index (χ4v) is 3.88. The maximum Gasteiger partial charge on any atom is 0.267 e. The van der Waals surface area contributed by atoms with Crippen molar-refractivity contribution in [1.82, 2.24) is 14.5 Å². The molecule has 8 heteroatoms. The highest BCUT2D eigenvalue weighted by Gasteiger charge is 2.23. The van der Waals surface area contributed by atoms with Crippen LogP contribution in [0.15, 0.2) is 42.5 Å². The van der Waals surface area contributed by atoms with E-state index in [-0.39, 0.29) is 17.7 Å². The van der Waals surface area contributed by atoms with Crippen molar-refractivity contribution < 1.29 is 14.3 Å². The van der Waals surface area contributed by atoms with E-state index in [9.17, 15) is 9.59 Å². The zero-order chi connectivity index (χ0) is 20.5. The first-order valence-electron chi connectivity index (χ1n) is 9.38. The van der Waals surface area contributed by atoms with Crippen LogP contribution in [-0.2, 0) is 4.74 Å².